The Balaban J connectivity index is 0.000000174. The van der Waals surface area contributed by atoms with Crippen LogP contribution in [0.2, 0.25) is 0 Å². The second kappa shape index (κ2) is 18.7. The molecule has 0 atom stereocenters. The van der Waals surface area contributed by atoms with Crippen molar-refractivity contribution in [1.82, 2.24) is 0 Å². The van der Waals surface area contributed by atoms with Gasteiger partial charge in [-0.15, -0.1) is 0 Å². The largest absolute Gasteiger partial charge is 0.643 e. The number of hydrogen-bond donors (Lipinski definition) is 1. The average Bonchev–Trinajstić information content (AvgIpc) is 3.71. The van der Waals surface area contributed by atoms with Crippen LogP contribution in [-0.2, 0) is 15.6 Å². The third-order valence-electron chi connectivity index (χ3n) is 10.4. The van der Waals surface area contributed by atoms with Gasteiger partial charge in [-0.2, -0.15) is 0 Å². The van der Waals surface area contributed by atoms with E-state index in [1.54, 1.807) is 36.4 Å². The van der Waals surface area contributed by atoms with Gasteiger partial charge < -0.3 is 9.84 Å². The van der Waals surface area contributed by atoms with Crippen molar-refractivity contribution in [1.29, 1.82) is 0 Å². The second-order valence-corrected chi connectivity index (χ2v) is 22.9. The molecule has 6 nitrogen and oxygen atoms in total. The zero-order chi connectivity index (χ0) is 42.1. The third-order valence-corrected chi connectivity index (χ3v) is 11.4. The van der Waals surface area contributed by atoms with E-state index in [0.29, 0.717) is 21.2 Å². The fraction of sp³-hybridized carbons (Fsp3) is 0.149. The Hall–Kier alpha value is -4.04. The van der Waals surface area contributed by atoms with E-state index in [9.17, 15) is 24.3 Å². The predicted molar refractivity (Wildman–Crippen MR) is 246 cm³/mol. The fourth-order valence-corrected chi connectivity index (χ4v) is 8.34. The number of rotatable bonds is 3. The zero-order valence-electron chi connectivity index (χ0n) is 31.6. The van der Waals surface area contributed by atoms with Crippen LogP contribution >= 0.6 is 62.0 Å². The lowest BCUT2D eigenvalue weighted by Gasteiger charge is -2.21. The molecule has 9 rings (SSSR count). The molecule has 2 aliphatic carbocycles. The maximum absolute atomic E-state index is 13.1. The number of carbonyl (C=O) groups is 4. The smallest absolute Gasteiger partial charge is 0.478 e. The molecule has 0 saturated carbocycles. The second-order valence-electron chi connectivity index (χ2n) is 14.6. The van der Waals surface area contributed by atoms with E-state index in [1.165, 1.54) is 39.4 Å². The summed E-state index contributed by atoms with van der Waals surface area (Å²) in [7, 11) is 14.8. The number of ether oxygens (including phenoxy) is 1. The van der Waals surface area contributed by atoms with Crippen LogP contribution in [0.1, 0.15) is 104 Å². The monoisotopic (exact) mass is 988 g/mol. The number of ketones is 1. The highest BCUT2D eigenvalue weighted by Gasteiger charge is 2.36. The first-order valence-electron chi connectivity index (χ1n) is 17.9. The number of fused-ring (bicyclic) bond motifs is 7. The highest BCUT2D eigenvalue weighted by Crippen LogP contribution is 2.49. The van der Waals surface area contributed by atoms with E-state index in [1.807, 2.05) is 24.3 Å². The van der Waals surface area contributed by atoms with Crippen LogP contribution in [0.3, 0.4) is 0 Å². The number of benzene rings is 6. The highest BCUT2D eigenvalue weighted by molar-refractivity contribution is 9.10. The summed E-state index contributed by atoms with van der Waals surface area (Å²) < 4.78 is 5.77. The van der Waals surface area contributed by atoms with Gasteiger partial charge in [0.05, 0.1) is 16.7 Å². The minimum Gasteiger partial charge on any atom is -0.478 e. The lowest BCUT2D eigenvalue weighted by atomic mass is 9.81. The Kier molecular flexibility index (Phi) is 14.6. The minimum atomic E-state index is -1.72. The maximum atomic E-state index is 13.1. The van der Waals surface area contributed by atoms with Crippen molar-refractivity contribution in [2.75, 3.05) is 0 Å². The Labute approximate surface area is 377 Å². The van der Waals surface area contributed by atoms with Crippen molar-refractivity contribution in [3.05, 3.63) is 186 Å². The highest BCUT2D eigenvalue weighted by atomic mass is 79.9. The molecule has 0 spiro atoms. The SMILES string of the molecule is C.CC1(C)c2ccccc2-c2ccc(C(=O)c3ccc(Br)cc3C(=O)O)cc21.CC1(C)c2ccccc2-c2ccccc21.O=C1OC(=O)c2cc(Br)ccc21.[Cl][Al]([Cl])[Cl]. The summed E-state index contributed by atoms with van der Waals surface area (Å²) >= 11 is 4.74. The van der Waals surface area contributed by atoms with Gasteiger partial charge >= 0.3 is 29.3 Å². The quantitative estimate of drug-likeness (QED) is 0.0821. The summed E-state index contributed by atoms with van der Waals surface area (Å²) in [6.45, 7) is 8.90. The van der Waals surface area contributed by atoms with Gasteiger partial charge in [-0.05, 0) is 87.0 Å². The Morgan fingerprint density at radius 1 is 0.542 bits per heavy atom. The van der Waals surface area contributed by atoms with E-state index < -0.39 is 29.3 Å². The summed E-state index contributed by atoms with van der Waals surface area (Å²) in [5.41, 5.74) is 11.6. The number of carbonyl (C=O) groups excluding carboxylic acids is 3. The first-order chi connectivity index (χ1) is 27.4. The molecule has 6 aromatic rings. The van der Waals surface area contributed by atoms with Gasteiger partial charge in [-0.25, -0.2) is 44.5 Å². The molecule has 59 heavy (non-hydrogen) atoms. The standard InChI is InChI=1S/C23H17BrO3.C15H14.C8H3BrO3.CH4.Al.3ClH/c1-23(2)19-6-4-3-5-15(19)16-9-7-13(11-20(16)23)21(25)17-10-8-14(24)12-18(17)22(26)27;1-15(2)13-9-5-3-7-11(13)12-8-4-6-10-14(12)15;9-4-1-2-5-6(3-4)8(11)12-7(5)10;;;;;/h3-12H,1-2H3,(H,26,27);3-10H,1-2H3;1-3H;1H4;;3*1H/q;;;;+3;;;/p-3. The van der Waals surface area contributed by atoms with Gasteiger partial charge in [-0.1, -0.05) is 152 Å². The van der Waals surface area contributed by atoms with Crippen molar-refractivity contribution in [2.45, 2.75) is 46.0 Å². The van der Waals surface area contributed by atoms with Crippen LogP contribution in [0.4, 0.5) is 0 Å². The summed E-state index contributed by atoms with van der Waals surface area (Å²) in [5, 5.41) is 9.47. The predicted octanol–water partition coefficient (Wildman–Crippen LogP) is 13.8. The molecular formula is C47H38AlBr2Cl3O6. The van der Waals surface area contributed by atoms with Crippen molar-refractivity contribution >= 4 is 97.1 Å². The van der Waals surface area contributed by atoms with E-state index in [4.69, 9.17) is 30.1 Å². The number of hydrogen-bond acceptors (Lipinski definition) is 5. The van der Waals surface area contributed by atoms with Gasteiger partial charge in [0.15, 0.2) is 5.78 Å². The van der Waals surface area contributed by atoms with Crippen LogP contribution in [-0.4, -0.2) is 40.2 Å². The molecule has 0 fully saturated rings. The van der Waals surface area contributed by atoms with E-state index >= 15 is 0 Å². The van der Waals surface area contributed by atoms with E-state index in [0.717, 1.165) is 15.6 Å². The first kappa shape index (κ1) is 46.0. The first-order valence-corrected chi connectivity index (χ1v) is 24.8. The normalized spacial score (nSPS) is 13.7. The number of cyclic esters (lactones) is 2. The van der Waals surface area contributed by atoms with Crippen LogP contribution < -0.4 is 0 Å². The lowest BCUT2D eigenvalue weighted by Crippen LogP contribution is -2.16. The molecule has 1 heterocycles. The molecule has 0 amide bonds. The van der Waals surface area contributed by atoms with Gasteiger partial charge in [0.2, 0.25) is 0 Å². The van der Waals surface area contributed by atoms with Crippen molar-refractivity contribution < 1.29 is 29.0 Å². The summed E-state index contributed by atoms with van der Waals surface area (Å²) in [6, 6.07) is 40.9. The Morgan fingerprint density at radius 2 is 0.949 bits per heavy atom. The van der Waals surface area contributed by atoms with Crippen molar-refractivity contribution in [3.63, 3.8) is 0 Å². The number of halogens is 5. The number of esters is 2. The number of aromatic carboxylic acids is 1. The van der Waals surface area contributed by atoms with Crippen molar-refractivity contribution in [3.8, 4) is 22.3 Å². The average molecular weight is 992 g/mol. The maximum Gasteiger partial charge on any atom is 0.643 e. The molecule has 0 radical (unpaired) electrons. The van der Waals surface area contributed by atoms with E-state index in [2.05, 4.69) is 125 Å². The summed E-state index contributed by atoms with van der Waals surface area (Å²) in [4.78, 5) is 46.6. The van der Waals surface area contributed by atoms with Crippen LogP contribution in [0.15, 0.2) is 136 Å². The molecular weight excluding hydrogens is 954 g/mol. The molecule has 0 saturated heterocycles. The molecule has 0 unspecified atom stereocenters. The Bertz CT molecular complexity index is 2570. The Morgan fingerprint density at radius 3 is 1.46 bits per heavy atom. The van der Waals surface area contributed by atoms with Gasteiger partial charge in [0.1, 0.15) is 0 Å². The van der Waals surface area contributed by atoms with Crippen LogP contribution in [0.25, 0.3) is 22.3 Å². The zero-order valence-corrected chi connectivity index (χ0v) is 38.2. The minimum absolute atomic E-state index is 0. The lowest BCUT2D eigenvalue weighted by molar-refractivity contribution is 0.0442. The molecule has 1 N–H and O–H groups in total. The molecule has 12 heteroatoms. The molecule has 0 aromatic heterocycles. The third kappa shape index (κ3) is 9.48. The number of carboxylic acid groups (broad SMARTS) is 1. The molecule has 300 valence electrons. The molecule has 6 aromatic carbocycles. The molecule has 3 aliphatic rings. The molecule has 1 aliphatic heterocycles. The van der Waals surface area contributed by atoms with Crippen LogP contribution in [0, 0.1) is 0 Å². The van der Waals surface area contributed by atoms with E-state index in [-0.39, 0.29) is 35.2 Å². The van der Waals surface area contributed by atoms with Crippen LogP contribution in [0.5, 0.6) is 0 Å². The topological polar surface area (TPSA) is 97.7 Å². The van der Waals surface area contributed by atoms with Gasteiger partial charge in [0, 0.05) is 30.9 Å². The van der Waals surface area contributed by atoms with Crippen molar-refractivity contribution in [2.24, 2.45) is 0 Å². The number of carboxylic acids is 1. The van der Waals surface area contributed by atoms with Gasteiger partial charge in [-0.3, -0.25) is 4.79 Å². The molecule has 0 bridgehead atoms. The fourth-order valence-electron chi connectivity index (χ4n) is 7.62. The summed E-state index contributed by atoms with van der Waals surface area (Å²) in [6.07, 6.45) is 0. The van der Waals surface area contributed by atoms with Gasteiger partial charge in [0.25, 0.3) is 0 Å². The summed E-state index contributed by atoms with van der Waals surface area (Å²) in [5.74, 6) is -2.54.